The average molecular weight is 579 g/mol. The highest BCUT2D eigenvalue weighted by molar-refractivity contribution is 5.88. The van der Waals surface area contributed by atoms with Crippen molar-refractivity contribution in [2.45, 2.75) is 37.6 Å². The van der Waals surface area contributed by atoms with E-state index in [1.807, 2.05) is 0 Å². The lowest BCUT2D eigenvalue weighted by Gasteiger charge is -2.40. The number of hydrogen-bond acceptors (Lipinski definition) is 12. The van der Waals surface area contributed by atoms with Crippen molar-refractivity contribution in [3.63, 3.8) is 0 Å². The molecule has 0 aliphatic carbocycles. The van der Waals surface area contributed by atoms with Crippen LogP contribution in [0.15, 0.2) is 76.0 Å². The molecule has 1 saturated heterocycles. The van der Waals surface area contributed by atoms with Crippen LogP contribution in [0.5, 0.6) is 28.7 Å². The number of ether oxygens (including phenoxy) is 3. The van der Waals surface area contributed by atoms with Crippen LogP contribution < -0.4 is 10.2 Å². The summed E-state index contributed by atoms with van der Waals surface area (Å²) < 4.78 is 22.9. The molecular weight excluding hydrogens is 552 g/mol. The molecule has 0 radical (unpaired) electrons. The van der Waals surface area contributed by atoms with Gasteiger partial charge in [0.25, 0.3) is 0 Å². The Hall–Kier alpha value is -5.04. The number of aromatic hydroxyl groups is 4. The summed E-state index contributed by atoms with van der Waals surface area (Å²) in [6.07, 6.45) is -5.03. The van der Waals surface area contributed by atoms with Gasteiger partial charge in [0.1, 0.15) is 46.2 Å². The lowest BCUT2D eigenvalue weighted by atomic mass is 9.99. The Kier molecular flexibility index (Phi) is 7.77. The van der Waals surface area contributed by atoms with Crippen LogP contribution in [-0.2, 0) is 14.3 Å². The Labute approximate surface area is 237 Å². The lowest BCUT2D eigenvalue weighted by Crippen LogP contribution is -2.59. The monoisotopic (exact) mass is 578 g/mol. The summed E-state index contributed by atoms with van der Waals surface area (Å²) in [4.78, 5) is 26.4. The SMILES string of the molecule is CC1O[C@@H](Oc2c(-c3ccc(O)cc3)oc3cc(O)cc(O)c3c2=O)C(OC(=O)/C=C/c2ccc(O)cc2)C(O)[C@H]1O. The third-order valence-corrected chi connectivity index (χ3v) is 6.62. The number of fused-ring (bicyclic) bond motifs is 1. The van der Waals surface area contributed by atoms with E-state index in [9.17, 15) is 40.2 Å². The summed E-state index contributed by atoms with van der Waals surface area (Å²) in [5.74, 6) is -2.64. The summed E-state index contributed by atoms with van der Waals surface area (Å²) in [5.41, 5.74) is -0.251. The van der Waals surface area contributed by atoms with Crippen LogP contribution in [0, 0.1) is 0 Å². The predicted octanol–water partition coefficient (Wildman–Crippen LogP) is 2.75. The van der Waals surface area contributed by atoms with Crippen LogP contribution in [-0.4, -0.2) is 67.3 Å². The van der Waals surface area contributed by atoms with Gasteiger partial charge in [-0.2, -0.15) is 0 Å². The lowest BCUT2D eigenvalue weighted by molar-refractivity contribution is -0.272. The molecule has 12 nitrogen and oxygen atoms in total. The van der Waals surface area contributed by atoms with Crippen molar-refractivity contribution in [2.75, 3.05) is 0 Å². The van der Waals surface area contributed by atoms with Crippen molar-refractivity contribution in [1.82, 2.24) is 0 Å². The van der Waals surface area contributed by atoms with Gasteiger partial charge < -0.3 is 49.3 Å². The number of benzene rings is 3. The summed E-state index contributed by atoms with van der Waals surface area (Å²) in [6, 6.07) is 13.5. The zero-order valence-corrected chi connectivity index (χ0v) is 21.9. The Balaban J connectivity index is 1.54. The molecule has 12 heteroatoms. The molecule has 6 N–H and O–H groups in total. The fourth-order valence-electron chi connectivity index (χ4n) is 4.44. The second-order valence-corrected chi connectivity index (χ2v) is 9.61. The van der Waals surface area contributed by atoms with Gasteiger partial charge in [-0.05, 0) is 55.0 Å². The highest BCUT2D eigenvalue weighted by atomic mass is 16.7. The number of phenols is 4. The fourth-order valence-corrected chi connectivity index (χ4v) is 4.44. The van der Waals surface area contributed by atoms with Gasteiger partial charge in [-0.15, -0.1) is 0 Å². The van der Waals surface area contributed by atoms with Gasteiger partial charge in [-0.1, -0.05) is 12.1 Å². The van der Waals surface area contributed by atoms with Crippen molar-refractivity contribution >= 4 is 23.0 Å². The molecule has 5 atom stereocenters. The quantitative estimate of drug-likeness (QED) is 0.145. The summed E-state index contributed by atoms with van der Waals surface area (Å²) in [7, 11) is 0. The van der Waals surface area contributed by atoms with E-state index < -0.39 is 53.6 Å². The Morgan fingerprint density at radius 1 is 0.881 bits per heavy atom. The van der Waals surface area contributed by atoms with E-state index in [1.165, 1.54) is 49.4 Å². The second-order valence-electron chi connectivity index (χ2n) is 9.61. The maximum Gasteiger partial charge on any atom is 0.331 e. The molecule has 42 heavy (non-hydrogen) atoms. The first-order chi connectivity index (χ1) is 20.0. The molecule has 218 valence electrons. The third-order valence-electron chi connectivity index (χ3n) is 6.62. The first-order valence-corrected chi connectivity index (χ1v) is 12.7. The Morgan fingerprint density at radius 2 is 1.52 bits per heavy atom. The largest absolute Gasteiger partial charge is 0.508 e. The average Bonchev–Trinajstić information content (AvgIpc) is 2.95. The molecule has 0 spiro atoms. The molecular formula is C30H26O12. The molecule has 2 heterocycles. The number of phenolic OH excluding ortho intramolecular Hbond substituents is 4. The van der Waals surface area contributed by atoms with Crippen molar-refractivity contribution < 1.29 is 54.1 Å². The molecule has 5 rings (SSSR count). The van der Waals surface area contributed by atoms with Gasteiger partial charge in [-0.25, -0.2) is 4.79 Å². The van der Waals surface area contributed by atoms with Crippen molar-refractivity contribution in [3.8, 4) is 40.1 Å². The van der Waals surface area contributed by atoms with E-state index in [0.717, 1.165) is 18.2 Å². The Bertz CT molecular complexity index is 1690. The number of aliphatic hydroxyl groups is 2. The van der Waals surface area contributed by atoms with Gasteiger partial charge in [0.2, 0.25) is 17.5 Å². The van der Waals surface area contributed by atoms with E-state index in [4.69, 9.17) is 18.6 Å². The first-order valence-electron chi connectivity index (χ1n) is 12.7. The van der Waals surface area contributed by atoms with Gasteiger partial charge >= 0.3 is 5.97 Å². The summed E-state index contributed by atoms with van der Waals surface area (Å²) in [5, 5.41) is 60.4. The van der Waals surface area contributed by atoms with Gasteiger partial charge in [-0.3, -0.25) is 4.79 Å². The third kappa shape index (κ3) is 5.72. The molecule has 3 aromatic carbocycles. The molecule has 0 saturated carbocycles. The first kappa shape index (κ1) is 28.5. The zero-order valence-electron chi connectivity index (χ0n) is 21.9. The highest BCUT2D eigenvalue weighted by Gasteiger charge is 2.47. The zero-order chi connectivity index (χ0) is 30.1. The van der Waals surface area contributed by atoms with Crippen LogP contribution in [0.1, 0.15) is 12.5 Å². The molecule has 0 bridgehead atoms. The number of rotatable bonds is 6. The van der Waals surface area contributed by atoms with Crippen molar-refractivity contribution in [2.24, 2.45) is 0 Å². The molecule has 0 amide bonds. The topological polar surface area (TPSA) is 196 Å². The number of aliphatic hydroxyl groups excluding tert-OH is 2. The summed E-state index contributed by atoms with van der Waals surface area (Å²) in [6.45, 7) is 1.44. The van der Waals surface area contributed by atoms with E-state index >= 15 is 0 Å². The van der Waals surface area contributed by atoms with Gasteiger partial charge in [0.05, 0.1) is 6.10 Å². The number of carbonyl (C=O) groups excluding carboxylic acids is 1. The van der Waals surface area contributed by atoms with Crippen LogP contribution in [0.2, 0.25) is 0 Å². The molecule has 1 aromatic heterocycles. The predicted molar refractivity (Wildman–Crippen MR) is 147 cm³/mol. The number of esters is 1. The molecule has 1 aliphatic rings. The minimum absolute atomic E-state index is 0.0373. The smallest absolute Gasteiger partial charge is 0.331 e. The maximum atomic E-state index is 13.7. The standard InChI is InChI=1S/C30H26O12/c1-14-24(36)26(38)29(41-22(35)11-4-15-2-7-17(31)8-3-15)30(39-14)42-28-25(37)23-20(34)12-19(33)13-21(23)40-27(28)16-5-9-18(32)10-6-16/h2-14,24,26,29-34,36,38H,1H3/b11-4+/t14?,24-,26?,29?,30-/m0/s1. The minimum Gasteiger partial charge on any atom is -0.508 e. The van der Waals surface area contributed by atoms with Crippen molar-refractivity contribution in [1.29, 1.82) is 0 Å². The fraction of sp³-hybridized carbons (Fsp3) is 0.200. The molecule has 1 fully saturated rings. The molecule has 4 aromatic rings. The van der Waals surface area contributed by atoms with Crippen LogP contribution in [0.4, 0.5) is 0 Å². The van der Waals surface area contributed by atoms with E-state index in [0.29, 0.717) is 5.56 Å². The van der Waals surface area contributed by atoms with Crippen LogP contribution in [0.3, 0.4) is 0 Å². The molecule has 1 aliphatic heterocycles. The van der Waals surface area contributed by atoms with E-state index in [-0.39, 0.29) is 39.5 Å². The van der Waals surface area contributed by atoms with Gasteiger partial charge in [0.15, 0.2) is 11.9 Å². The van der Waals surface area contributed by atoms with Gasteiger partial charge in [0, 0.05) is 23.8 Å². The van der Waals surface area contributed by atoms with Crippen LogP contribution >= 0.6 is 0 Å². The number of carbonyl (C=O) groups is 1. The van der Waals surface area contributed by atoms with Crippen molar-refractivity contribution in [3.05, 3.63) is 82.5 Å². The number of hydrogen-bond donors (Lipinski definition) is 6. The minimum atomic E-state index is -1.69. The van der Waals surface area contributed by atoms with E-state index in [2.05, 4.69) is 0 Å². The maximum absolute atomic E-state index is 13.7. The van der Waals surface area contributed by atoms with E-state index in [1.54, 1.807) is 12.1 Å². The normalized spacial score (nSPS) is 22.3. The van der Waals surface area contributed by atoms with Crippen LogP contribution in [0.25, 0.3) is 28.4 Å². The highest BCUT2D eigenvalue weighted by Crippen LogP contribution is 2.37. The summed E-state index contributed by atoms with van der Waals surface area (Å²) >= 11 is 0. The Morgan fingerprint density at radius 3 is 2.19 bits per heavy atom. The second kappa shape index (κ2) is 11.4. The molecule has 3 unspecified atom stereocenters.